The summed E-state index contributed by atoms with van der Waals surface area (Å²) in [6, 6.07) is 7.90. The summed E-state index contributed by atoms with van der Waals surface area (Å²) < 4.78 is 10.4. The third kappa shape index (κ3) is 4.88. The molecule has 0 N–H and O–H groups in total. The molecule has 18 heavy (non-hydrogen) atoms. The second kappa shape index (κ2) is 7.17. The Labute approximate surface area is 109 Å². The van der Waals surface area contributed by atoms with Gasteiger partial charge < -0.3 is 9.47 Å². The largest absolute Gasteiger partial charge is 0.469 e. The molecular formula is C15H22O3. The first-order chi connectivity index (χ1) is 8.52. The molecule has 0 aliphatic carbocycles. The van der Waals surface area contributed by atoms with E-state index in [1.54, 1.807) is 0 Å². The summed E-state index contributed by atoms with van der Waals surface area (Å²) in [6.45, 7) is 7.06. The Kier molecular flexibility index (Phi) is 5.86. The quantitative estimate of drug-likeness (QED) is 0.728. The van der Waals surface area contributed by atoms with Crippen LogP contribution >= 0.6 is 0 Å². The van der Waals surface area contributed by atoms with E-state index in [9.17, 15) is 4.79 Å². The van der Waals surface area contributed by atoms with E-state index >= 15 is 0 Å². The van der Waals surface area contributed by atoms with Crippen LogP contribution < -0.4 is 0 Å². The Morgan fingerprint density at radius 2 is 1.78 bits per heavy atom. The molecule has 1 rings (SSSR count). The van der Waals surface area contributed by atoms with Gasteiger partial charge in [-0.05, 0) is 24.0 Å². The average Bonchev–Trinajstić information content (AvgIpc) is 2.36. The highest BCUT2D eigenvalue weighted by molar-refractivity contribution is 5.72. The van der Waals surface area contributed by atoms with Crippen LogP contribution in [-0.4, -0.2) is 19.7 Å². The Morgan fingerprint density at radius 3 is 2.28 bits per heavy atom. The van der Waals surface area contributed by atoms with Crippen LogP contribution in [0.15, 0.2) is 24.3 Å². The number of benzene rings is 1. The molecule has 0 amide bonds. The maximum absolute atomic E-state index is 11.1. The van der Waals surface area contributed by atoms with Gasteiger partial charge in [0.1, 0.15) is 0 Å². The maximum Gasteiger partial charge on any atom is 0.309 e. The molecule has 0 heterocycles. The number of rotatable bonds is 6. The zero-order valence-corrected chi connectivity index (χ0v) is 11.6. The van der Waals surface area contributed by atoms with Crippen LogP contribution in [0.25, 0.3) is 0 Å². The predicted octanol–water partition coefficient (Wildman–Crippen LogP) is 3.14. The van der Waals surface area contributed by atoms with E-state index in [1.807, 2.05) is 31.2 Å². The van der Waals surface area contributed by atoms with E-state index < -0.39 is 0 Å². The third-order valence-corrected chi connectivity index (χ3v) is 2.70. The fourth-order valence-corrected chi connectivity index (χ4v) is 1.58. The van der Waals surface area contributed by atoms with Gasteiger partial charge in [-0.1, -0.05) is 38.1 Å². The highest BCUT2D eigenvalue weighted by Crippen LogP contribution is 2.18. The number of ether oxygens (including phenoxy) is 2. The molecule has 0 aliphatic rings. The summed E-state index contributed by atoms with van der Waals surface area (Å²) in [5.41, 5.74) is 2.09. The first-order valence-electron chi connectivity index (χ1n) is 6.30. The third-order valence-electron chi connectivity index (χ3n) is 2.70. The number of carbonyl (C=O) groups is 1. The summed E-state index contributed by atoms with van der Waals surface area (Å²) in [5.74, 6) is 0.318. The van der Waals surface area contributed by atoms with Crippen LogP contribution in [0.1, 0.15) is 38.0 Å². The van der Waals surface area contributed by atoms with Gasteiger partial charge in [-0.25, -0.2) is 0 Å². The van der Waals surface area contributed by atoms with Crippen molar-refractivity contribution in [1.29, 1.82) is 0 Å². The van der Waals surface area contributed by atoms with E-state index in [4.69, 9.17) is 4.74 Å². The van der Waals surface area contributed by atoms with Crippen LogP contribution in [0.5, 0.6) is 0 Å². The normalized spacial score (nSPS) is 12.5. The molecule has 1 atom stereocenters. The van der Waals surface area contributed by atoms with E-state index in [0.717, 1.165) is 17.7 Å². The first kappa shape index (κ1) is 14.7. The van der Waals surface area contributed by atoms with Gasteiger partial charge in [0.05, 0.1) is 19.6 Å². The molecule has 0 saturated heterocycles. The molecule has 1 aromatic carbocycles. The van der Waals surface area contributed by atoms with Crippen molar-refractivity contribution in [3.05, 3.63) is 35.4 Å². The number of esters is 1. The van der Waals surface area contributed by atoms with Gasteiger partial charge in [-0.3, -0.25) is 4.79 Å². The Bertz CT molecular complexity index is 368. The van der Waals surface area contributed by atoms with Gasteiger partial charge in [0, 0.05) is 6.61 Å². The van der Waals surface area contributed by atoms with Crippen molar-refractivity contribution in [1.82, 2.24) is 0 Å². The van der Waals surface area contributed by atoms with E-state index in [-0.39, 0.29) is 12.1 Å². The Balaban J connectivity index is 2.56. The monoisotopic (exact) mass is 250 g/mol. The smallest absolute Gasteiger partial charge is 0.309 e. The predicted molar refractivity (Wildman–Crippen MR) is 71.4 cm³/mol. The van der Waals surface area contributed by atoms with Crippen molar-refractivity contribution in [3.8, 4) is 0 Å². The SMILES string of the molecule is COC(=O)Cc1ccc([C@@H](C)OCC(C)C)cc1. The van der Waals surface area contributed by atoms with E-state index in [0.29, 0.717) is 12.3 Å². The molecule has 0 aromatic heterocycles. The molecule has 100 valence electrons. The second-order valence-electron chi connectivity index (χ2n) is 4.86. The standard InChI is InChI=1S/C15H22O3/c1-11(2)10-18-12(3)14-7-5-13(6-8-14)9-15(16)17-4/h5-8,11-12H,9-10H2,1-4H3/t12-/m1/s1. The number of hydrogen-bond acceptors (Lipinski definition) is 3. The highest BCUT2D eigenvalue weighted by Gasteiger charge is 2.08. The minimum atomic E-state index is -0.216. The average molecular weight is 250 g/mol. The lowest BCUT2D eigenvalue weighted by molar-refractivity contribution is -0.139. The fourth-order valence-electron chi connectivity index (χ4n) is 1.58. The van der Waals surface area contributed by atoms with Crippen LogP contribution in [0.3, 0.4) is 0 Å². The van der Waals surface area contributed by atoms with Crippen molar-refractivity contribution in [2.45, 2.75) is 33.3 Å². The molecule has 0 radical (unpaired) electrons. The molecule has 0 bridgehead atoms. The lowest BCUT2D eigenvalue weighted by Crippen LogP contribution is -2.07. The van der Waals surface area contributed by atoms with Crippen LogP contribution in [0.4, 0.5) is 0 Å². The molecule has 1 aromatic rings. The fraction of sp³-hybridized carbons (Fsp3) is 0.533. The summed E-state index contributed by atoms with van der Waals surface area (Å²) in [6.07, 6.45) is 0.400. The maximum atomic E-state index is 11.1. The van der Waals surface area contributed by atoms with Crippen molar-refractivity contribution in [3.63, 3.8) is 0 Å². The van der Waals surface area contributed by atoms with Crippen LogP contribution in [-0.2, 0) is 20.7 Å². The lowest BCUT2D eigenvalue weighted by atomic mass is 10.1. The van der Waals surface area contributed by atoms with Crippen molar-refractivity contribution >= 4 is 5.97 Å². The molecular weight excluding hydrogens is 228 g/mol. The topological polar surface area (TPSA) is 35.5 Å². The molecule has 3 nitrogen and oxygen atoms in total. The summed E-state index contributed by atoms with van der Waals surface area (Å²) in [5, 5.41) is 0. The zero-order valence-electron chi connectivity index (χ0n) is 11.6. The van der Waals surface area contributed by atoms with Gasteiger partial charge in [0.2, 0.25) is 0 Å². The molecule has 0 saturated carbocycles. The summed E-state index contributed by atoms with van der Waals surface area (Å²) in [4.78, 5) is 11.1. The second-order valence-corrected chi connectivity index (χ2v) is 4.86. The summed E-state index contributed by atoms with van der Waals surface area (Å²) >= 11 is 0. The van der Waals surface area contributed by atoms with Crippen molar-refractivity contribution in [2.75, 3.05) is 13.7 Å². The van der Waals surface area contributed by atoms with E-state index in [1.165, 1.54) is 7.11 Å². The molecule has 3 heteroatoms. The van der Waals surface area contributed by atoms with Gasteiger partial charge in [-0.15, -0.1) is 0 Å². The molecule has 0 spiro atoms. The molecule has 0 aliphatic heterocycles. The number of carbonyl (C=O) groups excluding carboxylic acids is 1. The minimum Gasteiger partial charge on any atom is -0.469 e. The first-order valence-corrected chi connectivity index (χ1v) is 6.30. The molecule has 0 fully saturated rings. The number of methoxy groups -OCH3 is 1. The van der Waals surface area contributed by atoms with Gasteiger partial charge in [0.25, 0.3) is 0 Å². The summed E-state index contributed by atoms with van der Waals surface area (Å²) in [7, 11) is 1.40. The van der Waals surface area contributed by atoms with Crippen LogP contribution in [0, 0.1) is 5.92 Å². The highest BCUT2D eigenvalue weighted by atomic mass is 16.5. The van der Waals surface area contributed by atoms with E-state index in [2.05, 4.69) is 18.6 Å². The van der Waals surface area contributed by atoms with Crippen LogP contribution in [0.2, 0.25) is 0 Å². The zero-order chi connectivity index (χ0) is 13.5. The number of hydrogen-bond donors (Lipinski definition) is 0. The van der Waals surface area contributed by atoms with Gasteiger partial charge in [0.15, 0.2) is 0 Å². The molecule has 0 unspecified atom stereocenters. The van der Waals surface area contributed by atoms with Crippen molar-refractivity contribution < 1.29 is 14.3 Å². The lowest BCUT2D eigenvalue weighted by Gasteiger charge is -2.15. The Hall–Kier alpha value is -1.35. The van der Waals surface area contributed by atoms with Gasteiger partial charge >= 0.3 is 5.97 Å². The van der Waals surface area contributed by atoms with Gasteiger partial charge in [-0.2, -0.15) is 0 Å². The van der Waals surface area contributed by atoms with Crippen molar-refractivity contribution in [2.24, 2.45) is 5.92 Å². The minimum absolute atomic E-state index is 0.0829. The Morgan fingerprint density at radius 1 is 1.17 bits per heavy atom.